The van der Waals surface area contributed by atoms with Crippen molar-refractivity contribution in [3.05, 3.63) is 65.7 Å². The fourth-order valence-electron chi connectivity index (χ4n) is 5.61. The van der Waals surface area contributed by atoms with Gasteiger partial charge < -0.3 is 4.74 Å². The van der Waals surface area contributed by atoms with Crippen LogP contribution in [-0.2, 0) is 0 Å². The van der Waals surface area contributed by atoms with E-state index in [4.69, 9.17) is 4.74 Å². The van der Waals surface area contributed by atoms with Crippen molar-refractivity contribution in [1.29, 1.82) is 0 Å². The van der Waals surface area contributed by atoms with Gasteiger partial charge in [-0.25, -0.2) is 0 Å². The summed E-state index contributed by atoms with van der Waals surface area (Å²) in [7, 11) is 4.53. The van der Waals surface area contributed by atoms with Crippen molar-refractivity contribution < 1.29 is 14.0 Å². The highest BCUT2D eigenvalue weighted by molar-refractivity contribution is 6.10. The molecule has 0 aliphatic heterocycles. The van der Waals surface area contributed by atoms with Crippen LogP contribution in [-0.4, -0.2) is 37.1 Å². The third-order valence-electron chi connectivity index (χ3n) is 8.06. The number of carbonyl (C=O) groups excluding carboxylic acids is 1. The molecular formula is C36H58NO2+. The summed E-state index contributed by atoms with van der Waals surface area (Å²) in [5, 5.41) is 0. The molecule has 0 heterocycles. The van der Waals surface area contributed by atoms with Gasteiger partial charge in [0.05, 0.1) is 26.2 Å². The fourth-order valence-corrected chi connectivity index (χ4v) is 5.61. The summed E-state index contributed by atoms with van der Waals surface area (Å²) in [5.74, 6) is 0.734. The predicted molar refractivity (Wildman–Crippen MR) is 168 cm³/mol. The molecule has 0 saturated heterocycles. The van der Waals surface area contributed by atoms with Gasteiger partial charge in [-0.2, -0.15) is 0 Å². The molecule has 0 spiro atoms. The zero-order valence-electron chi connectivity index (χ0n) is 25.8. The normalized spacial score (nSPS) is 12.4. The molecule has 0 fully saturated rings. The molecule has 0 aromatic heterocycles. The van der Waals surface area contributed by atoms with E-state index in [1.807, 2.05) is 54.6 Å². The number of rotatable bonds is 23. The molecule has 39 heavy (non-hydrogen) atoms. The quantitative estimate of drug-likeness (QED) is 0.0611. The SMILES string of the molecule is CCCCCCCCCCCCCCCCCC(Oc1ccccc1C(=O)c1ccccc1)[N+](C)(C)CCC. The lowest BCUT2D eigenvalue weighted by Gasteiger charge is -2.38. The van der Waals surface area contributed by atoms with E-state index in [1.54, 1.807) is 0 Å². The number of hydrogen-bond donors (Lipinski definition) is 0. The highest BCUT2D eigenvalue weighted by Crippen LogP contribution is 2.27. The molecule has 0 radical (unpaired) electrons. The minimum Gasteiger partial charge on any atom is -0.442 e. The summed E-state index contributed by atoms with van der Waals surface area (Å²) in [5.41, 5.74) is 1.36. The third-order valence-corrected chi connectivity index (χ3v) is 8.06. The summed E-state index contributed by atoms with van der Waals surface area (Å²) in [6.45, 7) is 5.58. The van der Waals surface area contributed by atoms with Crippen LogP contribution in [0.3, 0.4) is 0 Å². The Morgan fingerprint density at radius 3 is 1.67 bits per heavy atom. The number of unbranched alkanes of at least 4 members (excludes halogenated alkanes) is 14. The second-order valence-electron chi connectivity index (χ2n) is 12.0. The highest BCUT2D eigenvalue weighted by atomic mass is 16.5. The van der Waals surface area contributed by atoms with Crippen LogP contribution in [0.25, 0.3) is 0 Å². The first kappa shape index (κ1) is 33.1. The average Bonchev–Trinajstić information content (AvgIpc) is 2.94. The molecule has 0 aliphatic rings. The monoisotopic (exact) mass is 536 g/mol. The highest BCUT2D eigenvalue weighted by Gasteiger charge is 2.30. The van der Waals surface area contributed by atoms with Crippen LogP contribution in [0.1, 0.15) is 139 Å². The number of carbonyl (C=O) groups is 1. The van der Waals surface area contributed by atoms with E-state index in [-0.39, 0.29) is 12.0 Å². The van der Waals surface area contributed by atoms with Crippen molar-refractivity contribution in [3.8, 4) is 5.75 Å². The van der Waals surface area contributed by atoms with Crippen molar-refractivity contribution in [1.82, 2.24) is 0 Å². The zero-order valence-corrected chi connectivity index (χ0v) is 25.8. The van der Waals surface area contributed by atoms with Gasteiger partial charge in [-0.05, 0) is 25.0 Å². The van der Waals surface area contributed by atoms with Crippen LogP contribution < -0.4 is 4.74 Å². The molecule has 2 aromatic rings. The van der Waals surface area contributed by atoms with Crippen LogP contribution in [0, 0.1) is 0 Å². The smallest absolute Gasteiger partial charge is 0.233 e. The van der Waals surface area contributed by atoms with E-state index in [0.29, 0.717) is 16.9 Å². The molecule has 2 rings (SSSR count). The fraction of sp³-hybridized carbons (Fsp3) is 0.639. The number of ether oxygens (including phenoxy) is 1. The second kappa shape index (κ2) is 19.9. The van der Waals surface area contributed by atoms with Crippen molar-refractivity contribution in [2.45, 2.75) is 129 Å². The van der Waals surface area contributed by atoms with Crippen LogP contribution in [0.4, 0.5) is 0 Å². The molecule has 0 saturated carbocycles. The van der Waals surface area contributed by atoms with Gasteiger partial charge in [0.1, 0.15) is 5.75 Å². The Morgan fingerprint density at radius 1 is 0.641 bits per heavy atom. The first-order valence-corrected chi connectivity index (χ1v) is 16.2. The summed E-state index contributed by atoms with van der Waals surface area (Å²) in [6, 6.07) is 17.3. The number of nitrogens with zero attached hydrogens (tertiary/aromatic N) is 1. The standard InChI is InChI=1S/C36H58NO2/c1-5-7-8-9-10-11-12-13-14-15-16-17-18-19-23-30-35(37(3,4)31-6-2)39-34-29-25-24-28-33(34)36(38)32-26-21-20-22-27-32/h20-22,24-29,35H,5-19,23,30-31H2,1-4H3/q+1. The third kappa shape index (κ3) is 13.2. The summed E-state index contributed by atoms with van der Waals surface area (Å²) < 4.78 is 7.48. The lowest BCUT2D eigenvalue weighted by atomic mass is 10.0. The number of quaternary nitrogens is 1. The topological polar surface area (TPSA) is 26.3 Å². The Hall–Kier alpha value is -2.13. The summed E-state index contributed by atoms with van der Waals surface area (Å²) in [6.07, 6.45) is 22.8. The maximum atomic E-state index is 13.2. The first-order valence-electron chi connectivity index (χ1n) is 16.2. The average molecular weight is 537 g/mol. The van der Waals surface area contributed by atoms with E-state index in [0.717, 1.165) is 23.9 Å². The largest absolute Gasteiger partial charge is 0.442 e. The molecule has 0 amide bonds. The van der Waals surface area contributed by atoms with Gasteiger partial charge >= 0.3 is 0 Å². The van der Waals surface area contributed by atoms with Crippen LogP contribution in [0.5, 0.6) is 5.75 Å². The number of hydrogen-bond acceptors (Lipinski definition) is 2. The molecule has 1 unspecified atom stereocenters. The maximum Gasteiger partial charge on any atom is 0.233 e. The van der Waals surface area contributed by atoms with Gasteiger partial charge in [-0.3, -0.25) is 9.28 Å². The van der Waals surface area contributed by atoms with Crippen molar-refractivity contribution >= 4 is 5.78 Å². The van der Waals surface area contributed by atoms with Gasteiger partial charge in [0, 0.05) is 12.0 Å². The van der Waals surface area contributed by atoms with Gasteiger partial charge in [0.25, 0.3) is 0 Å². The molecule has 218 valence electrons. The molecule has 3 nitrogen and oxygen atoms in total. The Labute approximate surface area is 240 Å². The molecule has 1 atom stereocenters. The molecule has 3 heteroatoms. The Balaban J connectivity index is 1.75. The van der Waals surface area contributed by atoms with Gasteiger partial charge in [-0.1, -0.05) is 146 Å². The first-order chi connectivity index (χ1) is 19.0. The Morgan fingerprint density at radius 2 is 1.13 bits per heavy atom. The molecule has 0 bridgehead atoms. The van der Waals surface area contributed by atoms with Crippen LogP contribution in [0.2, 0.25) is 0 Å². The van der Waals surface area contributed by atoms with Crippen molar-refractivity contribution in [2.75, 3.05) is 20.6 Å². The van der Waals surface area contributed by atoms with Gasteiger partial charge in [0.2, 0.25) is 6.23 Å². The molecule has 0 aliphatic carbocycles. The zero-order chi connectivity index (χ0) is 28.2. The van der Waals surface area contributed by atoms with Crippen LogP contribution >= 0.6 is 0 Å². The number of para-hydroxylation sites is 1. The van der Waals surface area contributed by atoms with Gasteiger partial charge in [0.15, 0.2) is 5.78 Å². The molecular weight excluding hydrogens is 478 g/mol. The maximum absolute atomic E-state index is 13.2. The van der Waals surface area contributed by atoms with Gasteiger partial charge in [-0.15, -0.1) is 0 Å². The van der Waals surface area contributed by atoms with E-state index in [1.165, 1.54) is 96.3 Å². The van der Waals surface area contributed by atoms with E-state index >= 15 is 0 Å². The van der Waals surface area contributed by atoms with E-state index in [2.05, 4.69) is 27.9 Å². The summed E-state index contributed by atoms with van der Waals surface area (Å²) >= 11 is 0. The van der Waals surface area contributed by atoms with Crippen molar-refractivity contribution in [3.63, 3.8) is 0 Å². The minimum atomic E-state index is 0.0257. The number of ketones is 1. The molecule has 0 N–H and O–H groups in total. The van der Waals surface area contributed by atoms with Crippen molar-refractivity contribution in [2.24, 2.45) is 0 Å². The Kier molecular flexibility index (Phi) is 16.8. The van der Waals surface area contributed by atoms with E-state index in [9.17, 15) is 4.79 Å². The predicted octanol–water partition coefficient (Wildman–Crippen LogP) is 10.4. The second-order valence-corrected chi connectivity index (χ2v) is 12.0. The summed E-state index contributed by atoms with van der Waals surface area (Å²) in [4.78, 5) is 13.2. The Bertz CT molecular complexity index is 892. The van der Waals surface area contributed by atoms with Crippen LogP contribution in [0.15, 0.2) is 54.6 Å². The van der Waals surface area contributed by atoms with E-state index < -0.39 is 0 Å². The lowest BCUT2D eigenvalue weighted by molar-refractivity contribution is -0.933. The minimum absolute atomic E-state index is 0.0257. The lowest BCUT2D eigenvalue weighted by Crippen LogP contribution is -2.52. The number of benzene rings is 2. The molecule has 2 aromatic carbocycles.